The minimum atomic E-state index is -3.10. The third-order valence-electron chi connectivity index (χ3n) is 2.52. The monoisotopic (exact) mass is 256 g/mol. The number of anilines is 1. The van der Waals surface area contributed by atoms with Gasteiger partial charge in [-0.2, -0.15) is 0 Å². The average molecular weight is 256 g/mol. The van der Waals surface area contributed by atoms with E-state index in [1.807, 2.05) is 6.92 Å². The fourth-order valence-corrected chi connectivity index (χ4v) is 2.28. The summed E-state index contributed by atoms with van der Waals surface area (Å²) in [4.78, 5) is 0.373. The molecule has 1 aromatic carbocycles. The quantitative estimate of drug-likeness (QED) is 0.811. The standard InChI is InChI=1S/C12H20N2O2S/c1-3-17(15,16)12-6-4-11(5-7-12)14-9-8-10(2)13/h4-7,10,14H,3,8-9,13H2,1-2H3. The lowest BCUT2D eigenvalue weighted by atomic mass is 10.2. The lowest BCUT2D eigenvalue weighted by Crippen LogP contribution is -2.19. The zero-order valence-corrected chi connectivity index (χ0v) is 11.1. The van der Waals surface area contributed by atoms with Gasteiger partial charge >= 0.3 is 0 Å². The zero-order chi connectivity index (χ0) is 12.9. The molecule has 5 heteroatoms. The molecule has 0 aliphatic heterocycles. The van der Waals surface area contributed by atoms with Gasteiger partial charge in [-0.05, 0) is 37.6 Å². The van der Waals surface area contributed by atoms with Gasteiger partial charge in [0.2, 0.25) is 0 Å². The molecular formula is C12H20N2O2S. The Morgan fingerprint density at radius 1 is 1.29 bits per heavy atom. The normalized spacial score (nSPS) is 13.4. The second kappa shape index (κ2) is 6.02. The predicted octanol–water partition coefficient (Wildman–Crippen LogP) is 1.63. The van der Waals surface area contributed by atoms with Crippen molar-refractivity contribution in [3.63, 3.8) is 0 Å². The maximum Gasteiger partial charge on any atom is 0.178 e. The van der Waals surface area contributed by atoms with Crippen LogP contribution in [0.3, 0.4) is 0 Å². The Balaban J connectivity index is 2.63. The van der Waals surface area contributed by atoms with Crippen molar-refractivity contribution >= 4 is 15.5 Å². The fraction of sp³-hybridized carbons (Fsp3) is 0.500. The van der Waals surface area contributed by atoms with E-state index in [1.54, 1.807) is 31.2 Å². The number of benzene rings is 1. The maximum atomic E-state index is 11.6. The van der Waals surface area contributed by atoms with Crippen LogP contribution in [0.4, 0.5) is 5.69 Å². The molecule has 0 bridgehead atoms. The van der Waals surface area contributed by atoms with Gasteiger partial charge in [0.1, 0.15) is 0 Å². The Labute approximate surface area is 103 Å². The summed E-state index contributed by atoms with van der Waals surface area (Å²) in [6, 6.07) is 7.00. The van der Waals surface area contributed by atoms with Crippen LogP contribution < -0.4 is 11.1 Å². The number of nitrogens with one attached hydrogen (secondary N) is 1. The molecule has 0 saturated carbocycles. The van der Waals surface area contributed by atoms with Crippen molar-refractivity contribution < 1.29 is 8.42 Å². The Kier molecular flexibility index (Phi) is 4.96. The van der Waals surface area contributed by atoms with Gasteiger partial charge < -0.3 is 11.1 Å². The summed E-state index contributed by atoms with van der Waals surface area (Å²) in [5.41, 5.74) is 6.55. The van der Waals surface area contributed by atoms with Crippen LogP contribution in [0.15, 0.2) is 29.2 Å². The van der Waals surface area contributed by atoms with Gasteiger partial charge in [-0.3, -0.25) is 0 Å². The largest absolute Gasteiger partial charge is 0.385 e. The molecule has 1 unspecified atom stereocenters. The van der Waals surface area contributed by atoms with Crippen LogP contribution in [-0.4, -0.2) is 26.8 Å². The lowest BCUT2D eigenvalue weighted by molar-refractivity contribution is 0.597. The Morgan fingerprint density at radius 3 is 2.35 bits per heavy atom. The van der Waals surface area contributed by atoms with Crippen LogP contribution in [0.25, 0.3) is 0 Å². The molecule has 1 rings (SSSR count). The molecule has 0 amide bonds. The molecule has 0 spiro atoms. The highest BCUT2D eigenvalue weighted by atomic mass is 32.2. The first-order valence-electron chi connectivity index (χ1n) is 5.78. The minimum absolute atomic E-state index is 0.129. The van der Waals surface area contributed by atoms with E-state index < -0.39 is 9.84 Å². The molecule has 1 atom stereocenters. The number of rotatable bonds is 6. The van der Waals surface area contributed by atoms with Crippen molar-refractivity contribution in [3.05, 3.63) is 24.3 Å². The van der Waals surface area contributed by atoms with E-state index in [4.69, 9.17) is 5.73 Å². The van der Waals surface area contributed by atoms with Crippen molar-refractivity contribution in [2.45, 2.75) is 31.2 Å². The first kappa shape index (κ1) is 14.0. The second-order valence-corrected chi connectivity index (χ2v) is 6.40. The number of nitrogens with two attached hydrogens (primary N) is 1. The summed E-state index contributed by atoms with van der Waals surface area (Å²) in [6.07, 6.45) is 0.884. The topological polar surface area (TPSA) is 72.2 Å². The third-order valence-corrected chi connectivity index (χ3v) is 4.27. The summed E-state index contributed by atoms with van der Waals surface area (Å²) in [6.45, 7) is 4.39. The van der Waals surface area contributed by atoms with E-state index in [1.165, 1.54) is 0 Å². The zero-order valence-electron chi connectivity index (χ0n) is 10.3. The molecular weight excluding hydrogens is 236 g/mol. The Hall–Kier alpha value is -1.07. The molecule has 0 aliphatic rings. The number of hydrogen-bond donors (Lipinski definition) is 2. The van der Waals surface area contributed by atoms with Gasteiger partial charge in [-0.1, -0.05) is 6.92 Å². The highest BCUT2D eigenvalue weighted by Crippen LogP contribution is 2.15. The first-order valence-corrected chi connectivity index (χ1v) is 7.43. The minimum Gasteiger partial charge on any atom is -0.385 e. The molecule has 0 radical (unpaired) electrons. The summed E-state index contributed by atoms with van der Waals surface area (Å²) in [5, 5.41) is 3.20. The van der Waals surface area contributed by atoms with Crippen LogP contribution in [0.5, 0.6) is 0 Å². The van der Waals surface area contributed by atoms with Crippen LogP contribution in [0, 0.1) is 0 Å². The molecule has 0 heterocycles. The number of hydrogen-bond acceptors (Lipinski definition) is 4. The smallest absolute Gasteiger partial charge is 0.178 e. The van der Waals surface area contributed by atoms with Crippen molar-refractivity contribution in [2.75, 3.05) is 17.6 Å². The molecule has 0 fully saturated rings. The number of sulfone groups is 1. The summed E-state index contributed by atoms with van der Waals surface area (Å²) >= 11 is 0. The van der Waals surface area contributed by atoms with E-state index in [-0.39, 0.29) is 11.8 Å². The predicted molar refractivity (Wildman–Crippen MR) is 70.9 cm³/mol. The van der Waals surface area contributed by atoms with Gasteiger partial charge in [0.05, 0.1) is 10.6 Å². The second-order valence-electron chi connectivity index (χ2n) is 4.12. The van der Waals surface area contributed by atoms with E-state index in [0.717, 1.165) is 18.7 Å². The van der Waals surface area contributed by atoms with E-state index >= 15 is 0 Å². The van der Waals surface area contributed by atoms with Gasteiger partial charge in [0.15, 0.2) is 9.84 Å². The van der Waals surface area contributed by atoms with Crippen LogP contribution >= 0.6 is 0 Å². The molecule has 3 N–H and O–H groups in total. The van der Waals surface area contributed by atoms with Crippen molar-refractivity contribution in [3.8, 4) is 0 Å². The molecule has 0 aromatic heterocycles. The van der Waals surface area contributed by atoms with Crippen molar-refractivity contribution in [2.24, 2.45) is 5.73 Å². The highest BCUT2D eigenvalue weighted by Gasteiger charge is 2.10. The lowest BCUT2D eigenvalue weighted by Gasteiger charge is -2.09. The van der Waals surface area contributed by atoms with Crippen molar-refractivity contribution in [1.29, 1.82) is 0 Å². The van der Waals surface area contributed by atoms with Gasteiger partial charge in [0.25, 0.3) is 0 Å². The third kappa shape index (κ3) is 4.36. The Morgan fingerprint density at radius 2 is 1.88 bits per heavy atom. The average Bonchev–Trinajstić information content (AvgIpc) is 2.29. The molecule has 1 aromatic rings. The van der Waals surface area contributed by atoms with E-state index in [0.29, 0.717) is 4.90 Å². The van der Waals surface area contributed by atoms with Gasteiger partial charge in [-0.25, -0.2) is 8.42 Å². The fourth-order valence-electron chi connectivity index (χ4n) is 1.39. The summed E-state index contributed by atoms with van der Waals surface area (Å²) in [7, 11) is -3.10. The molecule has 4 nitrogen and oxygen atoms in total. The highest BCUT2D eigenvalue weighted by molar-refractivity contribution is 7.91. The molecule has 17 heavy (non-hydrogen) atoms. The van der Waals surface area contributed by atoms with Crippen molar-refractivity contribution in [1.82, 2.24) is 0 Å². The van der Waals surface area contributed by atoms with Crippen LogP contribution in [0.2, 0.25) is 0 Å². The molecule has 0 saturated heterocycles. The van der Waals surface area contributed by atoms with Gasteiger partial charge in [0, 0.05) is 18.3 Å². The Bertz CT molecular complexity index is 438. The van der Waals surface area contributed by atoms with Crippen LogP contribution in [-0.2, 0) is 9.84 Å². The maximum absolute atomic E-state index is 11.6. The van der Waals surface area contributed by atoms with Gasteiger partial charge in [-0.15, -0.1) is 0 Å². The molecule has 0 aliphatic carbocycles. The summed E-state index contributed by atoms with van der Waals surface area (Å²) in [5.74, 6) is 0.129. The summed E-state index contributed by atoms with van der Waals surface area (Å²) < 4.78 is 23.2. The first-order chi connectivity index (χ1) is 7.95. The van der Waals surface area contributed by atoms with Crippen LogP contribution in [0.1, 0.15) is 20.3 Å². The molecule has 96 valence electrons. The van der Waals surface area contributed by atoms with E-state index in [2.05, 4.69) is 5.32 Å². The van der Waals surface area contributed by atoms with E-state index in [9.17, 15) is 8.42 Å². The SMILES string of the molecule is CCS(=O)(=O)c1ccc(NCCC(C)N)cc1.